The third kappa shape index (κ3) is 5.53. The van der Waals surface area contributed by atoms with Crippen molar-refractivity contribution in [3.63, 3.8) is 0 Å². The Kier molecular flexibility index (Phi) is 8.04. The van der Waals surface area contributed by atoms with Crippen LogP contribution in [0.25, 0.3) is 0 Å². The van der Waals surface area contributed by atoms with E-state index in [2.05, 4.69) is 45.1 Å². The van der Waals surface area contributed by atoms with E-state index in [0.29, 0.717) is 16.8 Å². The lowest BCUT2D eigenvalue weighted by atomic mass is 9.79. The van der Waals surface area contributed by atoms with E-state index in [4.69, 9.17) is 5.73 Å². The monoisotopic (exact) mass is 559 g/mol. The van der Waals surface area contributed by atoms with Gasteiger partial charge in [-0.15, -0.1) is 0 Å². The average molecular weight is 560 g/mol. The lowest BCUT2D eigenvalue weighted by Gasteiger charge is -2.38. The number of hydrogen-bond donors (Lipinski definition) is 4. The number of nitrogens with two attached hydrogens (primary N) is 1. The Bertz CT molecular complexity index is 1520. The van der Waals surface area contributed by atoms with Crippen molar-refractivity contribution in [2.24, 2.45) is 5.73 Å². The summed E-state index contributed by atoms with van der Waals surface area (Å²) in [6.45, 7) is 3.20. The van der Waals surface area contributed by atoms with Gasteiger partial charge in [0.1, 0.15) is 6.04 Å². The normalized spacial score (nSPS) is 19.8. The minimum atomic E-state index is -1.46. The Morgan fingerprint density at radius 1 is 0.810 bits per heavy atom. The first-order valence-electron chi connectivity index (χ1n) is 14.7. The Morgan fingerprint density at radius 3 is 2.12 bits per heavy atom. The number of piperidine rings is 1. The van der Waals surface area contributed by atoms with E-state index in [-0.39, 0.29) is 5.91 Å². The van der Waals surface area contributed by atoms with Crippen LogP contribution < -0.4 is 21.7 Å². The molecule has 0 saturated carbocycles. The summed E-state index contributed by atoms with van der Waals surface area (Å²) in [4.78, 5) is 30.4. The molecule has 3 atom stereocenters. The van der Waals surface area contributed by atoms with Gasteiger partial charge in [0.15, 0.2) is 5.54 Å². The summed E-state index contributed by atoms with van der Waals surface area (Å²) in [6, 6.07) is 33.3. The Labute approximate surface area is 247 Å². The van der Waals surface area contributed by atoms with Gasteiger partial charge in [-0.3, -0.25) is 14.5 Å². The molecule has 0 bridgehead atoms. The molecule has 214 valence electrons. The standard InChI is InChI=1S/C35H37N5O2/c36-31(26-12-4-1-5-13-26)33(41)39-35(29-16-8-9-17-30(29)38-34(35)42)32(27-14-6-2-7-15-27)37-28-20-18-25(19-21-28)24-40-22-10-3-11-23-40/h1-2,4-9,12-21,31-32,37H,3,10-11,22-24,36H2,(H,38,42)(H,39,41). The molecular formula is C35H37N5O2. The van der Waals surface area contributed by atoms with E-state index in [9.17, 15) is 9.59 Å². The number of fused-ring (bicyclic) bond motifs is 1. The van der Waals surface area contributed by atoms with Gasteiger partial charge >= 0.3 is 0 Å². The van der Waals surface area contributed by atoms with Gasteiger partial charge in [-0.05, 0) is 60.8 Å². The van der Waals surface area contributed by atoms with Crippen LogP contribution >= 0.6 is 0 Å². The molecule has 3 unspecified atom stereocenters. The van der Waals surface area contributed by atoms with Crippen molar-refractivity contribution in [3.05, 3.63) is 131 Å². The molecule has 2 amide bonds. The summed E-state index contributed by atoms with van der Waals surface area (Å²) in [6.07, 6.45) is 3.82. The van der Waals surface area contributed by atoms with Crippen LogP contribution in [0.15, 0.2) is 109 Å². The van der Waals surface area contributed by atoms with E-state index in [0.717, 1.165) is 30.9 Å². The van der Waals surface area contributed by atoms with Gasteiger partial charge in [0.05, 0.1) is 6.04 Å². The van der Waals surface area contributed by atoms with Crippen molar-refractivity contribution < 1.29 is 9.59 Å². The number of hydrogen-bond acceptors (Lipinski definition) is 5. The van der Waals surface area contributed by atoms with Crippen LogP contribution in [0.3, 0.4) is 0 Å². The third-order valence-electron chi connectivity index (χ3n) is 8.41. The first kappa shape index (κ1) is 27.7. The second-order valence-corrected chi connectivity index (χ2v) is 11.2. The number of carbonyl (C=O) groups is 2. The van der Waals surface area contributed by atoms with Crippen molar-refractivity contribution in [3.8, 4) is 0 Å². The van der Waals surface area contributed by atoms with E-state index in [1.54, 1.807) is 0 Å². The van der Waals surface area contributed by atoms with Crippen LogP contribution in [-0.2, 0) is 21.7 Å². The van der Waals surface area contributed by atoms with Crippen molar-refractivity contribution in [1.82, 2.24) is 10.2 Å². The fourth-order valence-electron chi connectivity index (χ4n) is 6.18. The van der Waals surface area contributed by atoms with Gasteiger partial charge in [0.25, 0.3) is 5.91 Å². The number of anilines is 2. The van der Waals surface area contributed by atoms with E-state index >= 15 is 0 Å². The molecule has 4 aromatic rings. The summed E-state index contributed by atoms with van der Waals surface area (Å²) < 4.78 is 0. The summed E-state index contributed by atoms with van der Waals surface area (Å²) in [5.74, 6) is -0.756. The molecule has 42 heavy (non-hydrogen) atoms. The molecule has 4 aromatic carbocycles. The average Bonchev–Trinajstić information content (AvgIpc) is 3.32. The molecule has 2 aliphatic rings. The van der Waals surface area contributed by atoms with Gasteiger partial charge in [-0.1, -0.05) is 97.4 Å². The zero-order valence-corrected chi connectivity index (χ0v) is 23.6. The minimum absolute atomic E-state index is 0.319. The quantitative estimate of drug-likeness (QED) is 0.217. The molecule has 2 heterocycles. The van der Waals surface area contributed by atoms with Crippen LogP contribution in [0, 0.1) is 0 Å². The highest BCUT2D eigenvalue weighted by atomic mass is 16.2. The largest absolute Gasteiger partial charge is 0.375 e. The maximum Gasteiger partial charge on any atom is 0.257 e. The van der Waals surface area contributed by atoms with Gasteiger partial charge < -0.3 is 21.7 Å². The number of rotatable bonds is 9. The summed E-state index contributed by atoms with van der Waals surface area (Å²) in [5, 5.41) is 9.79. The highest BCUT2D eigenvalue weighted by molar-refractivity contribution is 6.09. The molecule has 0 spiro atoms. The van der Waals surface area contributed by atoms with Crippen LogP contribution in [0.4, 0.5) is 11.4 Å². The summed E-state index contributed by atoms with van der Waals surface area (Å²) in [7, 11) is 0. The first-order valence-corrected chi connectivity index (χ1v) is 14.7. The highest BCUT2D eigenvalue weighted by Gasteiger charge is 2.54. The minimum Gasteiger partial charge on any atom is -0.375 e. The molecule has 0 aliphatic carbocycles. The highest BCUT2D eigenvalue weighted by Crippen LogP contribution is 2.46. The van der Waals surface area contributed by atoms with E-state index < -0.39 is 23.5 Å². The van der Waals surface area contributed by atoms with E-state index in [1.165, 1.54) is 24.8 Å². The molecule has 0 radical (unpaired) electrons. The zero-order chi connectivity index (χ0) is 28.9. The molecule has 7 nitrogen and oxygen atoms in total. The Morgan fingerprint density at radius 2 is 1.43 bits per heavy atom. The van der Waals surface area contributed by atoms with Gasteiger partial charge in [-0.25, -0.2) is 0 Å². The predicted octanol–water partition coefficient (Wildman–Crippen LogP) is 5.49. The molecule has 7 heteroatoms. The van der Waals surface area contributed by atoms with Crippen molar-refractivity contribution in [2.45, 2.75) is 43.4 Å². The molecular weight excluding hydrogens is 522 g/mol. The van der Waals surface area contributed by atoms with Crippen LogP contribution in [-0.4, -0.2) is 29.8 Å². The first-order chi connectivity index (χ1) is 20.5. The fraction of sp³-hybridized carbons (Fsp3) is 0.257. The predicted molar refractivity (Wildman–Crippen MR) is 167 cm³/mol. The number of carbonyl (C=O) groups excluding carboxylic acids is 2. The van der Waals surface area contributed by atoms with Gasteiger partial charge in [0, 0.05) is 23.5 Å². The second kappa shape index (κ2) is 12.2. The summed E-state index contributed by atoms with van der Waals surface area (Å²) in [5.41, 5.74) is 9.97. The lowest BCUT2D eigenvalue weighted by Crippen LogP contribution is -2.58. The maximum absolute atomic E-state index is 14.1. The van der Waals surface area contributed by atoms with Crippen molar-refractivity contribution >= 4 is 23.2 Å². The third-order valence-corrected chi connectivity index (χ3v) is 8.41. The molecule has 5 N–H and O–H groups in total. The number of amides is 2. The van der Waals surface area contributed by atoms with E-state index in [1.807, 2.05) is 84.9 Å². The summed E-state index contributed by atoms with van der Waals surface area (Å²) >= 11 is 0. The fourth-order valence-corrected chi connectivity index (χ4v) is 6.18. The smallest absolute Gasteiger partial charge is 0.257 e. The number of likely N-dealkylation sites (tertiary alicyclic amines) is 1. The second-order valence-electron chi connectivity index (χ2n) is 11.2. The zero-order valence-electron chi connectivity index (χ0n) is 23.6. The number of para-hydroxylation sites is 1. The van der Waals surface area contributed by atoms with Gasteiger partial charge in [0.2, 0.25) is 5.91 Å². The van der Waals surface area contributed by atoms with Crippen molar-refractivity contribution in [2.75, 3.05) is 23.7 Å². The Balaban J connectivity index is 1.38. The van der Waals surface area contributed by atoms with Gasteiger partial charge in [-0.2, -0.15) is 0 Å². The number of nitrogens with zero attached hydrogens (tertiary/aromatic N) is 1. The number of benzene rings is 4. The lowest BCUT2D eigenvalue weighted by molar-refractivity contribution is -0.131. The molecule has 1 saturated heterocycles. The van der Waals surface area contributed by atoms with Crippen LogP contribution in [0.2, 0.25) is 0 Å². The molecule has 1 fully saturated rings. The Hall–Kier alpha value is -4.46. The number of nitrogens with one attached hydrogen (secondary N) is 3. The van der Waals surface area contributed by atoms with Crippen LogP contribution in [0.1, 0.15) is 53.6 Å². The molecule has 6 rings (SSSR count). The topological polar surface area (TPSA) is 99.5 Å². The van der Waals surface area contributed by atoms with Crippen molar-refractivity contribution in [1.29, 1.82) is 0 Å². The SMILES string of the molecule is NC(C(=O)NC1(C(Nc2ccc(CN3CCCCC3)cc2)c2ccccc2)C(=O)Nc2ccccc21)c1ccccc1. The van der Waals surface area contributed by atoms with Crippen LogP contribution in [0.5, 0.6) is 0 Å². The molecule has 2 aliphatic heterocycles. The molecule has 0 aromatic heterocycles. The maximum atomic E-state index is 14.1.